The molecule has 186 valence electrons. The molecule has 2 aromatic rings. The normalized spacial score (nSPS) is 18.9. The molecular weight excluding hydrogens is 481 g/mol. The summed E-state index contributed by atoms with van der Waals surface area (Å²) in [5, 5.41) is 1.80. The maximum atomic E-state index is 13.8. The second kappa shape index (κ2) is 11.1. The molecule has 1 atom stereocenters. The van der Waals surface area contributed by atoms with Crippen molar-refractivity contribution in [3.63, 3.8) is 0 Å². The quantitative estimate of drug-likeness (QED) is 0.676. The molecule has 0 spiro atoms. The third-order valence-corrected chi connectivity index (χ3v) is 7.12. The molecule has 4 rings (SSSR count). The lowest BCUT2D eigenvalue weighted by Gasteiger charge is -2.29. The zero-order valence-corrected chi connectivity index (χ0v) is 19.7. The molecule has 1 unspecified atom stereocenters. The summed E-state index contributed by atoms with van der Waals surface area (Å²) in [5.74, 6) is -2.29. The average molecular weight is 507 g/mol. The van der Waals surface area contributed by atoms with Gasteiger partial charge in [0.2, 0.25) is 5.91 Å². The summed E-state index contributed by atoms with van der Waals surface area (Å²) in [5.41, 5.74) is 0.240. The number of hydrogen-bond acceptors (Lipinski definition) is 5. The molecule has 7 nitrogen and oxygen atoms in total. The van der Waals surface area contributed by atoms with Gasteiger partial charge in [0.15, 0.2) is 5.37 Å². The molecule has 0 radical (unpaired) electrons. The van der Waals surface area contributed by atoms with Crippen LogP contribution in [0.1, 0.15) is 16.8 Å². The first-order valence-electron chi connectivity index (χ1n) is 11.3. The van der Waals surface area contributed by atoms with E-state index in [0.717, 1.165) is 6.07 Å². The van der Waals surface area contributed by atoms with Crippen LogP contribution in [-0.2, 0) is 9.59 Å². The fraction of sp³-hybridized carbons (Fsp3) is 0.375. The number of nitrogens with one attached hydrogen (secondary N) is 1. The van der Waals surface area contributed by atoms with Crippen LogP contribution in [-0.4, -0.2) is 82.8 Å². The summed E-state index contributed by atoms with van der Waals surface area (Å²) < 4.78 is 40.1. The van der Waals surface area contributed by atoms with Crippen LogP contribution in [0.4, 0.5) is 18.9 Å². The summed E-state index contributed by atoms with van der Waals surface area (Å²) in [6.07, 6.45) is 0.632. The van der Waals surface area contributed by atoms with Crippen molar-refractivity contribution < 1.29 is 27.6 Å². The zero-order chi connectivity index (χ0) is 24.9. The lowest BCUT2D eigenvalue weighted by Crippen LogP contribution is -2.48. The summed E-state index contributed by atoms with van der Waals surface area (Å²) in [6, 6.07) is 8.21. The van der Waals surface area contributed by atoms with Gasteiger partial charge in [-0.15, -0.1) is 11.8 Å². The Hall–Kier alpha value is -3.05. The van der Waals surface area contributed by atoms with Gasteiger partial charge in [0.1, 0.15) is 17.5 Å². The maximum absolute atomic E-state index is 13.8. The van der Waals surface area contributed by atoms with Crippen molar-refractivity contribution in [1.29, 1.82) is 0 Å². The van der Waals surface area contributed by atoms with Crippen molar-refractivity contribution >= 4 is 35.2 Å². The maximum Gasteiger partial charge on any atom is 0.255 e. The van der Waals surface area contributed by atoms with Crippen LogP contribution in [0.5, 0.6) is 0 Å². The number of amides is 3. The molecule has 1 N–H and O–H groups in total. The minimum atomic E-state index is -0.847. The van der Waals surface area contributed by atoms with Gasteiger partial charge < -0.3 is 15.1 Å². The second-order valence-electron chi connectivity index (χ2n) is 8.36. The van der Waals surface area contributed by atoms with Gasteiger partial charge in [-0.05, 0) is 42.8 Å². The van der Waals surface area contributed by atoms with E-state index in [2.05, 4.69) is 5.32 Å². The smallest absolute Gasteiger partial charge is 0.255 e. The largest absolute Gasteiger partial charge is 0.339 e. The van der Waals surface area contributed by atoms with Crippen molar-refractivity contribution in [3.8, 4) is 0 Å². The summed E-state index contributed by atoms with van der Waals surface area (Å²) in [7, 11) is 0. The molecule has 0 aliphatic carbocycles. The Balaban J connectivity index is 1.32. The van der Waals surface area contributed by atoms with Crippen molar-refractivity contribution in [2.45, 2.75) is 11.8 Å². The van der Waals surface area contributed by atoms with Gasteiger partial charge >= 0.3 is 0 Å². The van der Waals surface area contributed by atoms with E-state index in [0.29, 0.717) is 56.5 Å². The molecule has 2 fully saturated rings. The first-order valence-corrected chi connectivity index (χ1v) is 12.3. The third-order valence-electron chi connectivity index (χ3n) is 5.93. The van der Waals surface area contributed by atoms with Crippen molar-refractivity contribution in [1.82, 2.24) is 14.7 Å². The Morgan fingerprint density at radius 1 is 0.914 bits per heavy atom. The Labute approximate surface area is 205 Å². The SMILES string of the molecule is O=C(CN1CCCN(C(=O)C2SCCN2C(=O)c2ccc(F)cc2)CC1)Nc1ccc(F)cc1F. The topological polar surface area (TPSA) is 73.0 Å². The lowest BCUT2D eigenvalue weighted by atomic mass is 10.2. The third kappa shape index (κ3) is 6.15. The molecule has 2 saturated heterocycles. The van der Waals surface area contributed by atoms with Gasteiger partial charge in [-0.1, -0.05) is 0 Å². The Morgan fingerprint density at radius 2 is 1.66 bits per heavy atom. The molecular formula is C24H25F3N4O3S. The molecule has 2 heterocycles. The van der Waals surface area contributed by atoms with Crippen LogP contribution in [0.25, 0.3) is 0 Å². The highest BCUT2D eigenvalue weighted by Crippen LogP contribution is 2.28. The predicted molar refractivity (Wildman–Crippen MR) is 126 cm³/mol. The summed E-state index contributed by atoms with van der Waals surface area (Å²) in [6.45, 7) is 2.31. The van der Waals surface area contributed by atoms with Crippen molar-refractivity contribution in [2.75, 3.05) is 50.3 Å². The molecule has 35 heavy (non-hydrogen) atoms. The predicted octanol–water partition coefficient (Wildman–Crippen LogP) is 2.79. The fourth-order valence-corrected chi connectivity index (χ4v) is 5.33. The van der Waals surface area contributed by atoms with E-state index in [1.54, 1.807) is 4.90 Å². The van der Waals surface area contributed by atoms with Gasteiger partial charge in [0.25, 0.3) is 11.8 Å². The average Bonchev–Trinajstić information content (AvgIpc) is 3.21. The molecule has 3 amide bonds. The highest BCUT2D eigenvalue weighted by molar-refractivity contribution is 8.00. The number of hydrogen-bond donors (Lipinski definition) is 1. The number of halogens is 3. The number of rotatable bonds is 5. The lowest BCUT2D eigenvalue weighted by molar-refractivity contribution is -0.132. The van der Waals surface area contributed by atoms with Crippen LogP contribution in [0.15, 0.2) is 42.5 Å². The number of carbonyl (C=O) groups excluding carboxylic acids is 3. The molecule has 0 saturated carbocycles. The van der Waals surface area contributed by atoms with Gasteiger partial charge in [-0.3, -0.25) is 19.3 Å². The first-order chi connectivity index (χ1) is 16.8. The summed E-state index contributed by atoms with van der Waals surface area (Å²) >= 11 is 1.40. The summed E-state index contributed by atoms with van der Waals surface area (Å²) in [4.78, 5) is 43.6. The van der Waals surface area contributed by atoms with Crippen LogP contribution in [0.2, 0.25) is 0 Å². The number of carbonyl (C=O) groups is 3. The molecule has 11 heteroatoms. The van der Waals surface area contributed by atoms with Crippen LogP contribution in [0.3, 0.4) is 0 Å². The van der Waals surface area contributed by atoms with Crippen LogP contribution < -0.4 is 5.32 Å². The minimum Gasteiger partial charge on any atom is -0.339 e. The van der Waals surface area contributed by atoms with Crippen molar-refractivity contribution in [3.05, 3.63) is 65.5 Å². The van der Waals surface area contributed by atoms with E-state index in [1.807, 2.05) is 4.90 Å². The Kier molecular flexibility index (Phi) is 7.97. The van der Waals surface area contributed by atoms with Crippen molar-refractivity contribution in [2.24, 2.45) is 0 Å². The van der Waals surface area contributed by atoms with E-state index < -0.39 is 28.7 Å². The highest BCUT2D eigenvalue weighted by Gasteiger charge is 2.38. The van der Waals surface area contributed by atoms with Gasteiger partial charge in [0.05, 0.1) is 12.2 Å². The molecule has 2 aliphatic heterocycles. The molecule has 2 aliphatic rings. The number of anilines is 1. The van der Waals surface area contributed by atoms with Gasteiger partial charge in [-0.2, -0.15) is 0 Å². The monoisotopic (exact) mass is 506 g/mol. The fourth-order valence-electron chi connectivity index (χ4n) is 4.13. The standard InChI is InChI=1S/C24H25F3N4O3S/c25-17-4-2-16(3-5-17)22(33)31-12-13-35-24(31)23(34)30-9-1-8-29(10-11-30)15-21(32)28-20-7-6-18(26)14-19(20)27/h2-7,14,24H,1,8-13,15H2,(H,28,32). The minimum absolute atomic E-state index is 0.00615. The number of thioether (sulfide) groups is 1. The first kappa shape index (κ1) is 25.1. The van der Waals surface area contributed by atoms with E-state index >= 15 is 0 Å². The van der Waals surface area contributed by atoms with Gasteiger partial charge in [0, 0.05) is 50.1 Å². The van der Waals surface area contributed by atoms with Crippen LogP contribution in [0, 0.1) is 17.5 Å². The van der Waals surface area contributed by atoms with E-state index in [1.165, 1.54) is 47.0 Å². The molecule has 0 aromatic heterocycles. The molecule has 2 aromatic carbocycles. The van der Waals surface area contributed by atoms with E-state index in [9.17, 15) is 27.6 Å². The second-order valence-corrected chi connectivity index (χ2v) is 9.54. The highest BCUT2D eigenvalue weighted by atomic mass is 32.2. The van der Waals surface area contributed by atoms with E-state index in [4.69, 9.17) is 0 Å². The number of benzene rings is 2. The van der Waals surface area contributed by atoms with Crippen LogP contribution >= 0.6 is 11.8 Å². The van der Waals surface area contributed by atoms with E-state index in [-0.39, 0.29) is 24.0 Å². The Morgan fingerprint density at radius 3 is 2.40 bits per heavy atom. The zero-order valence-electron chi connectivity index (χ0n) is 18.9. The Bertz CT molecular complexity index is 1100. The van der Waals surface area contributed by atoms with Gasteiger partial charge in [-0.25, -0.2) is 13.2 Å². The molecule has 0 bridgehead atoms. The number of nitrogens with zero attached hydrogens (tertiary/aromatic N) is 3.